The zero-order valence-corrected chi connectivity index (χ0v) is 13.5. The van der Waals surface area contributed by atoms with E-state index in [1.54, 1.807) is 20.8 Å². The van der Waals surface area contributed by atoms with Gasteiger partial charge >= 0.3 is 12.3 Å². The second kappa shape index (κ2) is 7.08. The number of ether oxygens (including phenoxy) is 2. The minimum absolute atomic E-state index is 0.0907. The lowest BCUT2D eigenvalue weighted by molar-refractivity contribution is -0.138. The van der Waals surface area contributed by atoms with E-state index in [0.29, 0.717) is 0 Å². The van der Waals surface area contributed by atoms with E-state index in [9.17, 15) is 18.0 Å². The van der Waals surface area contributed by atoms with Crippen LogP contribution in [0.4, 0.5) is 18.0 Å². The zero-order chi connectivity index (χ0) is 17.8. The van der Waals surface area contributed by atoms with Gasteiger partial charge in [-0.15, -0.1) is 0 Å². The molecule has 0 spiro atoms. The van der Waals surface area contributed by atoms with Crippen molar-refractivity contribution in [2.45, 2.75) is 38.6 Å². The smallest absolute Gasteiger partial charge is 0.419 e. The number of alkyl carbamates (subject to hydrolysis) is 1. The molecule has 0 radical (unpaired) electrons. The Kier molecular flexibility index (Phi) is 5.87. The highest BCUT2D eigenvalue weighted by molar-refractivity contribution is 5.67. The highest BCUT2D eigenvalue weighted by atomic mass is 19.4. The molecule has 3 N–H and O–H groups in total. The van der Waals surface area contributed by atoms with Gasteiger partial charge in [0.15, 0.2) is 0 Å². The van der Waals surface area contributed by atoms with E-state index in [-0.39, 0.29) is 17.9 Å². The minimum Gasteiger partial charge on any atom is -0.496 e. The summed E-state index contributed by atoms with van der Waals surface area (Å²) >= 11 is 0. The van der Waals surface area contributed by atoms with E-state index in [4.69, 9.17) is 15.2 Å². The first-order chi connectivity index (χ1) is 10.5. The van der Waals surface area contributed by atoms with Crippen molar-refractivity contribution in [2.24, 2.45) is 5.73 Å². The van der Waals surface area contributed by atoms with Crippen LogP contribution in [0.5, 0.6) is 5.75 Å². The van der Waals surface area contributed by atoms with Crippen molar-refractivity contribution in [2.75, 3.05) is 13.7 Å². The minimum atomic E-state index is -4.56. The molecule has 0 saturated carbocycles. The summed E-state index contributed by atoms with van der Waals surface area (Å²) in [4.78, 5) is 11.6. The Bertz CT molecular complexity index is 554. The number of nitrogens with two attached hydrogens (primary N) is 1. The SMILES string of the molecule is COc1c(C(N)CNC(=O)OC(C)(C)C)cccc1C(F)(F)F. The lowest BCUT2D eigenvalue weighted by Crippen LogP contribution is -2.36. The van der Waals surface area contributed by atoms with Crippen LogP contribution >= 0.6 is 0 Å². The molecule has 1 rings (SSSR count). The largest absolute Gasteiger partial charge is 0.496 e. The normalized spacial score (nSPS) is 13.4. The van der Waals surface area contributed by atoms with Crippen LogP contribution < -0.4 is 15.8 Å². The lowest BCUT2D eigenvalue weighted by Gasteiger charge is -2.22. The van der Waals surface area contributed by atoms with Crippen LogP contribution in [0.1, 0.15) is 37.9 Å². The Labute approximate surface area is 132 Å². The molecule has 5 nitrogen and oxygen atoms in total. The topological polar surface area (TPSA) is 73.6 Å². The number of rotatable bonds is 4. The predicted molar refractivity (Wildman–Crippen MR) is 79.2 cm³/mol. The van der Waals surface area contributed by atoms with Crippen molar-refractivity contribution in [1.29, 1.82) is 0 Å². The third-order valence-electron chi connectivity index (χ3n) is 2.82. The van der Waals surface area contributed by atoms with Crippen molar-refractivity contribution in [3.63, 3.8) is 0 Å². The number of amides is 1. The van der Waals surface area contributed by atoms with Crippen LogP contribution in [0.25, 0.3) is 0 Å². The standard InChI is InChI=1S/C15H21F3N2O3/c1-14(2,3)23-13(21)20-8-11(19)9-6-5-7-10(12(9)22-4)15(16,17)18/h5-7,11H,8,19H2,1-4H3,(H,20,21). The Morgan fingerprint density at radius 3 is 2.39 bits per heavy atom. The van der Waals surface area contributed by atoms with Gasteiger partial charge in [0.05, 0.1) is 18.7 Å². The summed E-state index contributed by atoms with van der Waals surface area (Å²) in [6.07, 6.45) is -5.25. The third kappa shape index (κ3) is 5.63. The molecule has 0 aliphatic carbocycles. The number of nitrogens with one attached hydrogen (secondary N) is 1. The second-order valence-electron chi connectivity index (χ2n) is 5.92. The third-order valence-corrected chi connectivity index (χ3v) is 2.82. The molecule has 0 bridgehead atoms. The van der Waals surface area contributed by atoms with Crippen molar-refractivity contribution in [3.05, 3.63) is 29.3 Å². The monoisotopic (exact) mass is 334 g/mol. The second-order valence-corrected chi connectivity index (χ2v) is 5.92. The van der Waals surface area contributed by atoms with E-state index >= 15 is 0 Å². The average molecular weight is 334 g/mol. The fourth-order valence-electron chi connectivity index (χ4n) is 1.92. The highest BCUT2D eigenvalue weighted by Gasteiger charge is 2.35. The van der Waals surface area contributed by atoms with Gasteiger partial charge in [-0.3, -0.25) is 0 Å². The number of alkyl halides is 3. The molecule has 0 saturated heterocycles. The molecule has 0 fully saturated rings. The maximum atomic E-state index is 13.0. The van der Waals surface area contributed by atoms with E-state index in [1.165, 1.54) is 12.1 Å². The van der Waals surface area contributed by atoms with Gasteiger partial charge in [-0.05, 0) is 26.8 Å². The summed E-state index contributed by atoms with van der Waals surface area (Å²) in [7, 11) is 1.14. The van der Waals surface area contributed by atoms with Gasteiger partial charge in [0, 0.05) is 12.1 Å². The van der Waals surface area contributed by atoms with Gasteiger partial charge in [-0.2, -0.15) is 13.2 Å². The van der Waals surface area contributed by atoms with Crippen molar-refractivity contribution >= 4 is 6.09 Å². The number of carbonyl (C=O) groups is 1. The molecule has 1 aromatic carbocycles. The number of halogens is 3. The molecule has 1 unspecified atom stereocenters. The number of hydrogen-bond acceptors (Lipinski definition) is 4. The van der Waals surface area contributed by atoms with Crippen LogP contribution in [0.2, 0.25) is 0 Å². The van der Waals surface area contributed by atoms with Crippen LogP contribution in [0, 0.1) is 0 Å². The Morgan fingerprint density at radius 2 is 1.91 bits per heavy atom. The first-order valence-electron chi connectivity index (χ1n) is 6.92. The fourth-order valence-corrected chi connectivity index (χ4v) is 1.92. The fraction of sp³-hybridized carbons (Fsp3) is 0.533. The molecule has 1 aromatic rings. The van der Waals surface area contributed by atoms with Gasteiger partial charge < -0.3 is 20.5 Å². The molecule has 0 heterocycles. The number of para-hydroxylation sites is 1. The molecule has 0 aliphatic heterocycles. The predicted octanol–water partition coefficient (Wildman–Crippen LogP) is 3.24. The first kappa shape index (κ1) is 19.1. The Balaban J connectivity index is 2.88. The number of benzene rings is 1. The van der Waals surface area contributed by atoms with Crippen molar-refractivity contribution in [3.8, 4) is 5.75 Å². The first-order valence-corrected chi connectivity index (χ1v) is 6.92. The van der Waals surface area contributed by atoms with Crippen molar-refractivity contribution in [1.82, 2.24) is 5.32 Å². The summed E-state index contributed by atoms with van der Waals surface area (Å²) in [5.74, 6) is -0.349. The lowest BCUT2D eigenvalue weighted by atomic mass is 10.0. The molecule has 1 amide bonds. The Morgan fingerprint density at radius 1 is 1.30 bits per heavy atom. The van der Waals surface area contributed by atoms with E-state index in [0.717, 1.165) is 13.2 Å². The van der Waals surface area contributed by atoms with Gasteiger partial charge in [-0.25, -0.2) is 4.79 Å². The molecule has 0 aromatic heterocycles. The van der Waals surface area contributed by atoms with Crippen LogP contribution in [-0.2, 0) is 10.9 Å². The molecular formula is C15H21F3N2O3. The number of carbonyl (C=O) groups excluding carboxylic acids is 1. The maximum Gasteiger partial charge on any atom is 0.419 e. The molecule has 8 heteroatoms. The Hall–Kier alpha value is -1.96. The molecular weight excluding hydrogens is 313 g/mol. The van der Waals surface area contributed by atoms with Crippen LogP contribution in [-0.4, -0.2) is 25.3 Å². The van der Waals surface area contributed by atoms with Crippen LogP contribution in [0.3, 0.4) is 0 Å². The van der Waals surface area contributed by atoms with Crippen molar-refractivity contribution < 1.29 is 27.4 Å². The summed E-state index contributed by atoms with van der Waals surface area (Å²) in [6.45, 7) is 5.00. The summed E-state index contributed by atoms with van der Waals surface area (Å²) in [5.41, 5.74) is 4.44. The quantitative estimate of drug-likeness (QED) is 0.886. The number of hydrogen-bond donors (Lipinski definition) is 2. The molecule has 1 atom stereocenters. The van der Waals surface area contributed by atoms with E-state index < -0.39 is 29.5 Å². The van der Waals surface area contributed by atoms with Gasteiger partial charge in [-0.1, -0.05) is 12.1 Å². The van der Waals surface area contributed by atoms with E-state index in [2.05, 4.69) is 5.32 Å². The van der Waals surface area contributed by atoms with Gasteiger partial charge in [0.2, 0.25) is 0 Å². The summed E-state index contributed by atoms with van der Waals surface area (Å²) in [5, 5.41) is 2.42. The van der Waals surface area contributed by atoms with E-state index in [1.807, 2.05) is 0 Å². The summed E-state index contributed by atoms with van der Waals surface area (Å²) in [6, 6.07) is 2.71. The zero-order valence-electron chi connectivity index (χ0n) is 13.5. The summed E-state index contributed by atoms with van der Waals surface area (Å²) < 4.78 is 48.8. The average Bonchev–Trinajstić information content (AvgIpc) is 2.41. The van der Waals surface area contributed by atoms with Gasteiger partial charge in [0.25, 0.3) is 0 Å². The maximum absolute atomic E-state index is 13.0. The molecule has 0 aliphatic rings. The van der Waals surface area contributed by atoms with Gasteiger partial charge in [0.1, 0.15) is 11.4 Å². The van der Waals surface area contributed by atoms with Crippen LogP contribution in [0.15, 0.2) is 18.2 Å². The molecule has 23 heavy (non-hydrogen) atoms. The highest BCUT2D eigenvalue weighted by Crippen LogP contribution is 2.39. The number of methoxy groups -OCH3 is 1. The molecule has 130 valence electrons.